The Morgan fingerprint density at radius 1 is 1.48 bits per heavy atom. The monoisotopic (exact) mass is 310 g/mol. The summed E-state index contributed by atoms with van der Waals surface area (Å²) in [7, 11) is 0. The highest BCUT2D eigenvalue weighted by atomic mass is 35.5. The lowest BCUT2D eigenvalue weighted by atomic mass is 9.88. The molecule has 1 aliphatic heterocycles. The highest BCUT2D eigenvalue weighted by Gasteiger charge is 2.36. The number of amides is 1. The fourth-order valence-corrected chi connectivity index (χ4v) is 2.85. The molecule has 0 radical (unpaired) electrons. The van der Waals surface area contributed by atoms with Crippen LogP contribution in [0.1, 0.15) is 36.5 Å². The molecular formula is C15H19ClN2O3. The summed E-state index contributed by atoms with van der Waals surface area (Å²) in [6.45, 7) is 2.50. The molecule has 1 aliphatic rings. The summed E-state index contributed by atoms with van der Waals surface area (Å²) in [4.78, 5) is 25.4. The number of hydrogen-bond donors (Lipinski definition) is 2. The van der Waals surface area contributed by atoms with Crippen molar-refractivity contribution in [2.45, 2.75) is 32.2 Å². The first kappa shape index (κ1) is 15.6. The summed E-state index contributed by atoms with van der Waals surface area (Å²) in [5.41, 5.74) is 6.40. The number of carbonyl (C=O) groups is 2. The van der Waals surface area contributed by atoms with Crippen LogP contribution in [-0.2, 0) is 4.79 Å². The molecule has 1 aromatic carbocycles. The van der Waals surface area contributed by atoms with Crippen molar-refractivity contribution in [1.82, 2.24) is 4.90 Å². The topological polar surface area (TPSA) is 83.6 Å². The third kappa shape index (κ3) is 3.29. The van der Waals surface area contributed by atoms with Gasteiger partial charge in [0.25, 0.3) is 5.91 Å². The number of rotatable bonds is 3. The largest absolute Gasteiger partial charge is 0.480 e. The molecule has 0 aromatic heterocycles. The van der Waals surface area contributed by atoms with Crippen molar-refractivity contribution in [2.24, 2.45) is 5.92 Å². The van der Waals surface area contributed by atoms with Gasteiger partial charge in [0.1, 0.15) is 6.04 Å². The van der Waals surface area contributed by atoms with E-state index in [2.05, 4.69) is 0 Å². The van der Waals surface area contributed by atoms with E-state index in [1.165, 1.54) is 11.0 Å². The number of carboxylic acid groups (broad SMARTS) is 1. The molecule has 1 saturated heterocycles. The Balaban J connectivity index is 2.24. The van der Waals surface area contributed by atoms with E-state index >= 15 is 0 Å². The lowest BCUT2D eigenvalue weighted by Crippen LogP contribution is -2.50. The van der Waals surface area contributed by atoms with Crippen molar-refractivity contribution in [3.8, 4) is 0 Å². The second kappa shape index (κ2) is 6.35. The molecule has 1 amide bonds. The molecule has 0 spiro atoms. The highest BCUT2D eigenvalue weighted by molar-refractivity contribution is 6.33. The summed E-state index contributed by atoms with van der Waals surface area (Å²) in [6, 6.07) is 3.85. The third-order valence-electron chi connectivity index (χ3n) is 4.08. The zero-order valence-corrected chi connectivity index (χ0v) is 12.6. The Morgan fingerprint density at radius 3 is 2.76 bits per heavy atom. The maximum atomic E-state index is 12.5. The smallest absolute Gasteiger partial charge is 0.326 e. The number of likely N-dealkylation sites (tertiary alicyclic amines) is 1. The fourth-order valence-electron chi connectivity index (χ4n) is 2.73. The molecule has 0 aliphatic carbocycles. The minimum Gasteiger partial charge on any atom is -0.480 e. The third-order valence-corrected chi connectivity index (χ3v) is 4.42. The number of carbonyl (C=O) groups excluding carboxylic acids is 1. The summed E-state index contributed by atoms with van der Waals surface area (Å²) in [5.74, 6) is -0.908. The number of anilines is 1. The van der Waals surface area contributed by atoms with E-state index in [0.29, 0.717) is 35.2 Å². The van der Waals surface area contributed by atoms with Gasteiger partial charge in [0.15, 0.2) is 0 Å². The lowest BCUT2D eigenvalue weighted by Gasteiger charge is -2.37. The van der Waals surface area contributed by atoms with Crippen LogP contribution in [0.3, 0.4) is 0 Å². The van der Waals surface area contributed by atoms with Crippen molar-refractivity contribution in [1.29, 1.82) is 0 Å². The second-order valence-electron chi connectivity index (χ2n) is 5.39. The molecule has 1 fully saturated rings. The Hall–Kier alpha value is -1.75. The van der Waals surface area contributed by atoms with Crippen LogP contribution in [-0.4, -0.2) is 34.5 Å². The number of halogens is 1. The first-order chi connectivity index (χ1) is 9.93. The first-order valence-electron chi connectivity index (χ1n) is 7.02. The zero-order chi connectivity index (χ0) is 15.6. The molecule has 21 heavy (non-hydrogen) atoms. The highest BCUT2D eigenvalue weighted by Crippen LogP contribution is 2.28. The van der Waals surface area contributed by atoms with Crippen LogP contribution in [0, 0.1) is 5.92 Å². The number of nitrogens with zero attached hydrogens (tertiary/aromatic N) is 1. The Kier molecular flexibility index (Phi) is 4.73. The normalized spacial score (nSPS) is 22.1. The minimum atomic E-state index is -0.955. The molecule has 2 atom stereocenters. The van der Waals surface area contributed by atoms with Gasteiger partial charge in [-0.2, -0.15) is 0 Å². The van der Waals surface area contributed by atoms with E-state index in [4.69, 9.17) is 17.3 Å². The van der Waals surface area contributed by atoms with Crippen LogP contribution in [0.4, 0.5) is 5.69 Å². The molecule has 2 rings (SSSR count). The Labute approximate surface area is 128 Å². The van der Waals surface area contributed by atoms with E-state index in [9.17, 15) is 14.7 Å². The summed E-state index contributed by atoms with van der Waals surface area (Å²) in [6.07, 6.45) is 2.26. The predicted octanol–water partition coefficient (Wildman–Crippen LogP) is 2.64. The van der Waals surface area contributed by atoms with Gasteiger partial charge in [-0.05, 0) is 37.0 Å². The number of aliphatic carboxylic acids is 1. The van der Waals surface area contributed by atoms with Crippen molar-refractivity contribution in [3.05, 3.63) is 28.8 Å². The van der Waals surface area contributed by atoms with Gasteiger partial charge in [-0.1, -0.05) is 24.9 Å². The maximum Gasteiger partial charge on any atom is 0.326 e. The van der Waals surface area contributed by atoms with Gasteiger partial charge < -0.3 is 15.7 Å². The van der Waals surface area contributed by atoms with Crippen molar-refractivity contribution < 1.29 is 14.7 Å². The van der Waals surface area contributed by atoms with Gasteiger partial charge in [0, 0.05) is 12.1 Å². The van der Waals surface area contributed by atoms with Gasteiger partial charge in [-0.3, -0.25) is 4.79 Å². The number of nitrogen functional groups attached to an aromatic ring is 1. The molecule has 1 heterocycles. The van der Waals surface area contributed by atoms with Gasteiger partial charge in [0.05, 0.1) is 10.7 Å². The van der Waals surface area contributed by atoms with Crippen LogP contribution >= 0.6 is 11.6 Å². The first-order valence-corrected chi connectivity index (χ1v) is 7.40. The van der Waals surface area contributed by atoms with E-state index in [0.717, 1.165) is 12.8 Å². The lowest BCUT2D eigenvalue weighted by molar-refractivity contribution is -0.144. The van der Waals surface area contributed by atoms with E-state index in [-0.39, 0.29) is 5.91 Å². The van der Waals surface area contributed by atoms with Crippen molar-refractivity contribution >= 4 is 29.2 Å². The Bertz CT molecular complexity index is 562. The van der Waals surface area contributed by atoms with Crippen LogP contribution in [0.25, 0.3) is 0 Å². The van der Waals surface area contributed by atoms with Crippen LogP contribution in [0.5, 0.6) is 0 Å². The number of benzene rings is 1. The van der Waals surface area contributed by atoms with Gasteiger partial charge in [0.2, 0.25) is 0 Å². The van der Waals surface area contributed by atoms with Gasteiger partial charge in [-0.15, -0.1) is 0 Å². The number of nitrogens with two attached hydrogens (primary N) is 1. The van der Waals surface area contributed by atoms with Crippen LogP contribution in [0.2, 0.25) is 5.02 Å². The van der Waals surface area contributed by atoms with Crippen LogP contribution in [0.15, 0.2) is 18.2 Å². The van der Waals surface area contributed by atoms with Gasteiger partial charge in [-0.25, -0.2) is 4.79 Å². The molecular weight excluding hydrogens is 292 g/mol. The molecule has 1 aromatic rings. The Morgan fingerprint density at radius 2 is 2.19 bits per heavy atom. The minimum absolute atomic E-state index is 0.305. The molecule has 5 nitrogen and oxygen atoms in total. The molecule has 6 heteroatoms. The fraction of sp³-hybridized carbons (Fsp3) is 0.467. The number of piperidine rings is 1. The van der Waals surface area contributed by atoms with E-state index < -0.39 is 12.0 Å². The van der Waals surface area contributed by atoms with Crippen molar-refractivity contribution in [2.75, 3.05) is 12.3 Å². The predicted molar refractivity (Wildman–Crippen MR) is 81.3 cm³/mol. The van der Waals surface area contributed by atoms with Crippen molar-refractivity contribution in [3.63, 3.8) is 0 Å². The molecule has 3 N–H and O–H groups in total. The zero-order valence-electron chi connectivity index (χ0n) is 11.9. The second-order valence-corrected chi connectivity index (χ2v) is 5.79. The van der Waals surface area contributed by atoms with Crippen LogP contribution < -0.4 is 5.73 Å². The SMILES string of the molecule is CCC1CCN(C(=O)c2ccc(Cl)c(N)c2)C(C(=O)O)C1. The summed E-state index contributed by atoms with van der Waals surface area (Å²) < 4.78 is 0. The van der Waals surface area contributed by atoms with Gasteiger partial charge >= 0.3 is 5.97 Å². The average molecular weight is 311 g/mol. The average Bonchev–Trinajstić information content (AvgIpc) is 2.48. The van der Waals surface area contributed by atoms with E-state index in [1.807, 2.05) is 6.92 Å². The molecule has 114 valence electrons. The molecule has 0 bridgehead atoms. The number of hydrogen-bond acceptors (Lipinski definition) is 3. The number of carboxylic acids is 1. The summed E-state index contributed by atoms with van der Waals surface area (Å²) in [5, 5.41) is 9.76. The summed E-state index contributed by atoms with van der Waals surface area (Å²) >= 11 is 5.84. The van der Waals surface area contributed by atoms with E-state index in [1.54, 1.807) is 12.1 Å². The molecule has 0 saturated carbocycles. The maximum absolute atomic E-state index is 12.5. The molecule has 2 unspecified atom stereocenters. The quantitative estimate of drug-likeness (QED) is 0.841. The standard InChI is InChI=1S/C15H19ClN2O3/c1-2-9-5-6-18(13(7-9)15(20)21)14(19)10-3-4-11(16)12(17)8-10/h3-4,8-9,13H,2,5-7,17H2,1H3,(H,20,21).